The molecule has 0 bridgehead atoms. The summed E-state index contributed by atoms with van der Waals surface area (Å²) in [5.74, 6) is -0.870. The fraction of sp³-hybridized carbons (Fsp3) is 0.133. The van der Waals surface area contributed by atoms with Gasteiger partial charge in [-0.1, -0.05) is 121 Å². The maximum Gasteiger partial charge on any atom is 0.328 e. The van der Waals surface area contributed by atoms with Crippen LogP contribution in [0.2, 0.25) is 5.02 Å². The molecule has 0 saturated carbocycles. The summed E-state index contributed by atoms with van der Waals surface area (Å²) >= 11 is 6.37. The van der Waals surface area contributed by atoms with Crippen LogP contribution in [0.5, 0.6) is 0 Å². The largest absolute Gasteiger partial charge is 0.467 e. The summed E-state index contributed by atoms with van der Waals surface area (Å²) in [7, 11) is 1.31. The van der Waals surface area contributed by atoms with E-state index in [1.54, 1.807) is 6.07 Å². The van der Waals surface area contributed by atoms with Crippen LogP contribution in [0.15, 0.2) is 115 Å². The van der Waals surface area contributed by atoms with E-state index in [4.69, 9.17) is 16.3 Å². The third kappa shape index (κ3) is 4.98. The van der Waals surface area contributed by atoms with Crippen molar-refractivity contribution in [3.8, 4) is 0 Å². The van der Waals surface area contributed by atoms with Gasteiger partial charge in [-0.3, -0.25) is 4.79 Å². The van der Waals surface area contributed by atoms with Crippen molar-refractivity contribution in [1.29, 1.82) is 0 Å². The molecule has 0 radical (unpaired) electrons. The van der Waals surface area contributed by atoms with E-state index in [2.05, 4.69) is 5.32 Å². The van der Waals surface area contributed by atoms with Crippen molar-refractivity contribution in [2.24, 2.45) is 0 Å². The number of benzene rings is 4. The SMILES string of the molecule is COC(=O)[C@@H](Cc1ccccc1Cl)NC(=O)C(c1ccccc1)(c1ccccc1)c1ccccc1. The van der Waals surface area contributed by atoms with Gasteiger partial charge >= 0.3 is 5.97 Å². The van der Waals surface area contributed by atoms with Crippen LogP contribution in [-0.2, 0) is 26.2 Å². The molecule has 1 amide bonds. The number of methoxy groups -OCH3 is 1. The van der Waals surface area contributed by atoms with E-state index < -0.39 is 17.4 Å². The van der Waals surface area contributed by atoms with Crippen LogP contribution in [-0.4, -0.2) is 25.0 Å². The number of carbonyl (C=O) groups is 2. The van der Waals surface area contributed by atoms with Crippen molar-refractivity contribution in [3.05, 3.63) is 143 Å². The maximum atomic E-state index is 14.4. The van der Waals surface area contributed by atoms with Crippen LogP contribution in [0.4, 0.5) is 0 Å². The summed E-state index contributed by atoms with van der Waals surface area (Å²) in [6.45, 7) is 0. The molecule has 4 rings (SSSR count). The van der Waals surface area contributed by atoms with Crippen molar-refractivity contribution in [3.63, 3.8) is 0 Å². The summed E-state index contributed by atoms with van der Waals surface area (Å²) in [6, 6.07) is 35.1. The Hall–Kier alpha value is -3.89. The van der Waals surface area contributed by atoms with Gasteiger partial charge in [0.25, 0.3) is 0 Å². The smallest absolute Gasteiger partial charge is 0.328 e. The molecule has 0 unspecified atom stereocenters. The normalized spacial score (nSPS) is 11.9. The molecule has 35 heavy (non-hydrogen) atoms. The third-order valence-corrected chi connectivity index (χ3v) is 6.50. The number of ether oxygens (including phenoxy) is 1. The Balaban J connectivity index is 1.86. The number of esters is 1. The first kappa shape index (κ1) is 24.2. The van der Waals surface area contributed by atoms with Crippen LogP contribution < -0.4 is 5.32 Å². The van der Waals surface area contributed by atoms with Gasteiger partial charge in [0.2, 0.25) is 5.91 Å². The zero-order chi connectivity index (χ0) is 24.7. The van der Waals surface area contributed by atoms with Gasteiger partial charge in [-0.05, 0) is 28.3 Å². The van der Waals surface area contributed by atoms with Crippen LogP contribution in [0.3, 0.4) is 0 Å². The van der Waals surface area contributed by atoms with Gasteiger partial charge < -0.3 is 10.1 Å². The maximum absolute atomic E-state index is 14.4. The molecule has 5 heteroatoms. The average Bonchev–Trinajstić information content (AvgIpc) is 2.91. The Morgan fingerprint density at radius 1 is 0.743 bits per heavy atom. The van der Waals surface area contributed by atoms with Crippen LogP contribution in [0.25, 0.3) is 0 Å². The van der Waals surface area contributed by atoms with E-state index >= 15 is 0 Å². The lowest BCUT2D eigenvalue weighted by Gasteiger charge is -2.35. The molecule has 4 aromatic carbocycles. The molecule has 4 nitrogen and oxygen atoms in total. The summed E-state index contributed by atoms with van der Waals surface area (Å²) < 4.78 is 5.06. The summed E-state index contributed by atoms with van der Waals surface area (Å²) in [5, 5.41) is 3.53. The Morgan fingerprint density at radius 2 is 1.17 bits per heavy atom. The predicted octanol–water partition coefficient (Wildman–Crippen LogP) is 5.57. The Morgan fingerprint density at radius 3 is 1.60 bits per heavy atom. The number of hydrogen-bond donors (Lipinski definition) is 1. The Bertz CT molecular complexity index is 1180. The third-order valence-electron chi connectivity index (χ3n) is 6.13. The molecule has 0 aliphatic heterocycles. The Kier molecular flexibility index (Phi) is 7.64. The van der Waals surface area contributed by atoms with Gasteiger partial charge in [0, 0.05) is 11.4 Å². The van der Waals surface area contributed by atoms with E-state index in [9.17, 15) is 9.59 Å². The number of carbonyl (C=O) groups excluding carboxylic acids is 2. The lowest BCUT2D eigenvalue weighted by Crippen LogP contribution is -2.52. The highest BCUT2D eigenvalue weighted by atomic mass is 35.5. The molecule has 176 valence electrons. The molecular weight excluding hydrogens is 458 g/mol. The molecule has 0 heterocycles. The minimum Gasteiger partial charge on any atom is -0.467 e. The van der Waals surface area contributed by atoms with Crippen LogP contribution in [0, 0.1) is 0 Å². The van der Waals surface area contributed by atoms with Crippen LogP contribution in [0.1, 0.15) is 22.3 Å². The molecule has 0 aromatic heterocycles. The van der Waals surface area contributed by atoms with Gasteiger partial charge in [-0.2, -0.15) is 0 Å². The van der Waals surface area contributed by atoms with E-state index in [0.29, 0.717) is 5.02 Å². The second-order valence-corrected chi connectivity index (χ2v) is 8.60. The molecule has 0 spiro atoms. The molecule has 0 aliphatic rings. The second kappa shape index (κ2) is 11.0. The first-order chi connectivity index (χ1) is 17.1. The van der Waals surface area contributed by atoms with Gasteiger partial charge in [0.05, 0.1) is 7.11 Å². The molecule has 1 N–H and O–H groups in total. The minimum absolute atomic E-state index is 0.201. The van der Waals surface area contributed by atoms with E-state index in [0.717, 1.165) is 22.3 Å². The first-order valence-electron chi connectivity index (χ1n) is 11.4. The molecule has 1 atom stereocenters. The molecule has 0 saturated heterocycles. The summed E-state index contributed by atoms with van der Waals surface area (Å²) in [6.07, 6.45) is 0.201. The standard InChI is InChI=1S/C30H26ClNO3/c1-35-28(33)27(21-22-13-11-12-20-26(22)31)32-29(34)30(23-14-5-2-6-15-23,24-16-7-3-8-17-24)25-18-9-4-10-19-25/h2-20,27H,21H2,1H3,(H,32,34)/t27-/m1/s1. The molecule has 4 aromatic rings. The summed E-state index contributed by atoms with van der Waals surface area (Å²) in [5.41, 5.74) is 1.91. The average molecular weight is 484 g/mol. The number of amides is 1. The fourth-order valence-electron chi connectivity index (χ4n) is 4.44. The molecular formula is C30H26ClNO3. The topological polar surface area (TPSA) is 55.4 Å². The molecule has 0 aliphatic carbocycles. The zero-order valence-corrected chi connectivity index (χ0v) is 20.1. The first-order valence-corrected chi connectivity index (χ1v) is 11.7. The van der Waals surface area contributed by atoms with E-state index in [1.165, 1.54) is 7.11 Å². The monoisotopic (exact) mass is 483 g/mol. The van der Waals surface area contributed by atoms with Crippen molar-refractivity contribution in [2.45, 2.75) is 17.9 Å². The number of halogens is 1. The van der Waals surface area contributed by atoms with Crippen molar-refractivity contribution < 1.29 is 14.3 Å². The van der Waals surface area contributed by atoms with Crippen molar-refractivity contribution >= 4 is 23.5 Å². The Labute approximate surface area is 210 Å². The van der Waals surface area contributed by atoms with Gasteiger partial charge in [-0.25, -0.2) is 4.79 Å². The lowest BCUT2D eigenvalue weighted by molar-refractivity contribution is -0.145. The van der Waals surface area contributed by atoms with Crippen LogP contribution >= 0.6 is 11.6 Å². The highest BCUT2D eigenvalue weighted by molar-refractivity contribution is 6.31. The number of nitrogens with one attached hydrogen (secondary N) is 1. The number of rotatable bonds is 8. The summed E-state index contributed by atoms with van der Waals surface area (Å²) in [4.78, 5) is 27.2. The van der Waals surface area contributed by atoms with Gasteiger partial charge in [-0.15, -0.1) is 0 Å². The van der Waals surface area contributed by atoms with E-state index in [1.807, 2.05) is 109 Å². The highest BCUT2D eigenvalue weighted by Crippen LogP contribution is 2.39. The van der Waals surface area contributed by atoms with Crippen molar-refractivity contribution in [2.75, 3.05) is 7.11 Å². The minimum atomic E-state index is -1.20. The lowest BCUT2D eigenvalue weighted by atomic mass is 9.68. The fourth-order valence-corrected chi connectivity index (χ4v) is 4.66. The number of hydrogen-bond acceptors (Lipinski definition) is 3. The molecule has 0 fully saturated rings. The highest BCUT2D eigenvalue weighted by Gasteiger charge is 2.45. The predicted molar refractivity (Wildman–Crippen MR) is 138 cm³/mol. The van der Waals surface area contributed by atoms with Crippen molar-refractivity contribution in [1.82, 2.24) is 5.32 Å². The zero-order valence-electron chi connectivity index (χ0n) is 19.4. The second-order valence-electron chi connectivity index (χ2n) is 8.19. The quantitative estimate of drug-likeness (QED) is 0.263. The van der Waals surface area contributed by atoms with E-state index in [-0.39, 0.29) is 12.3 Å². The van der Waals surface area contributed by atoms with Gasteiger partial charge in [0.1, 0.15) is 11.5 Å². The van der Waals surface area contributed by atoms with Gasteiger partial charge in [0.15, 0.2) is 0 Å².